The zero-order chi connectivity index (χ0) is 16.1. The third kappa shape index (κ3) is 4.18. The highest BCUT2D eigenvalue weighted by Crippen LogP contribution is 2.28. The molecule has 2 N–H and O–H groups in total. The number of hydrogen-bond donors (Lipinski definition) is 1. The van der Waals surface area contributed by atoms with Crippen molar-refractivity contribution in [2.45, 2.75) is 32.2 Å². The van der Waals surface area contributed by atoms with Gasteiger partial charge in [-0.25, -0.2) is 4.98 Å². The van der Waals surface area contributed by atoms with Crippen LogP contribution in [-0.2, 0) is 13.0 Å². The first kappa shape index (κ1) is 16.1. The van der Waals surface area contributed by atoms with Gasteiger partial charge < -0.3 is 10.6 Å². The first-order valence-corrected chi connectivity index (χ1v) is 9.12. The molecule has 1 amide bonds. The molecule has 1 heterocycles. The molecule has 1 saturated carbocycles. The van der Waals surface area contributed by atoms with Crippen LogP contribution < -0.4 is 5.73 Å². The second-order valence-corrected chi connectivity index (χ2v) is 7.08. The summed E-state index contributed by atoms with van der Waals surface area (Å²) in [5.74, 6) is 0.685. The number of amides is 1. The fourth-order valence-electron chi connectivity index (χ4n) is 2.82. The number of thiazole rings is 1. The first-order chi connectivity index (χ1) is 11.3. The predicted molar refractivity (Wildman–Crippen MR) is 93.4 cm³/mol. The van der Waals surface area contributed by atoms with Crippen molar-refractivity contribution in [3.63, 3.8) is 0 Å². The largest absolute Gasteiger partial charge is 0.333 e. The molecular formula is C18H23N3OS. The molecule has 1 aromatic heterocycles. The van der Waals surface area contributed by atoms with Gasteiger partial charge in [0.25, 0.3) is 5.91 Å². The van der Waals surface area contributed by atoms with Crippen molar-refractivity contribution in [1.82, 2.24) is 9.88 Å². The summed E-state index contributed by atoms with van der Waals surface area (Å²) in [5, 5.41) is 2.81. The van der Waals surface area contributed by atoms with Gasteiger partial charge in [0.1, 0.15) is 5.69 Å². The predicted octanol–water partition coefficient (Wildman–Crippen LogP) is 3.09. The van der Waals surface area contributed by atoms with Gasteiger partial charge in [0.2, 0.25) is 0 Å². The van der Waals surface area contributed by atoms with Gasteiger partial charge >= 0.3 is 0 Å². The molecule has 1 aliphatic carbocycles. The second kappa shape index (κ2) is 7.70. The molecule has 4 nitrogen and oxygen atoms in total. The first-order valence-electron chi connectivity index (χ1n) is 8.24. The van der Waals surface area contributed by atoms with E-state index in [1.807, 2.05) is 28.5 Å². The molecule has 1 aromatic carbocycles. The Morgan fingerprint density at radius 2 is 2.09 bits per heavy atom. The van der Waals surface area contributed by atoms with E-state index in [-0.39, 0.29) is 5.91 Å². The van der Waals surface area contributed by atoms with Crippen LogP contribution in [0.2, 0.25) is 0 Å². The van der Waals surface area contributed by atoms with Crippen LogP contribution in [-0.4, -0.2) is 28.9 Å². The van der Waals surface area contributed by atoms with Gasteiger partial charge in [-0.3, -0.25) is 4.79 Å². The molecule has 1 aliphatic rings. The summed E-state index contributed by atoms with van der Waals surface area (Å²) in [4.78, 5) is 19.3. The van der Waals surface area contributed by atoms with E-state index in [0.29, 0.717) is 24.7 Å². The Hall–Kier alpha value is -1.72. The molecule has 0 atom stereocenters. The Morgan fingerprint density at radius 3 is 2.74 bits per heavy atom. The average Bonchev–Trinajstić information content (AvgIpc) is 2.99. The zero-order valence-electron chi connectivity index (χ0n) is 13.3. The number of benzene rings is 1. The molecule has 2 aromatic rings. The van der Waals surface area contributed by atoms with Gasteiger partial charge in [0.05, 0.1) is 5.01 Å². The Kier molecular flexibility index (Phi) is 5.41. The van der Waals surface area contributed by atoms with E-state index in [4.69, 9.17) is 5.73 Å². The van der Waals surface area contributed by atoms with Crippen LogP contribution in [0, 0.1) is 5.92 Å². The van der Waals surface area contributed by atoms with Gasteiger partial charge in [0.15, 0.2) is 0 Å². The lowest BCUT2D eigenvalue weighted by molar-refractivity contribution is 0.0674. The Bertz CT molecular complexity index is 637. The van der Waals surface area contributed by atoms with Crippen molar-refractivity contribution in [2.75, 3.05) is 13.1 Å². The van der Waals surface area contributed by atoms with E-state index in [9.17, 15) is 4.79 Å². The number of aromatic nitrogens is 1. The van der Waals surface area contributed by atoms with Gasteiger partial charge in [-0.2, -0.15) is 0 Å². The SMILES string of the molecule is NCCc1nc(C(=O)N(Cc2ccccc2)CC2CCC2)cs1. The zero-order valence-corrected chi connectivity index (χ0v) is 14.1. The molecule has 0 spiro atoms. The number of carbonyl (C=O) groups excluding carboxylic acids is 1. The summed E-state index contributed by atoms with van der Waals surface area (Å²) in [7, 11) is 0. The maximum atomic E-state index is 12.9. The summed E-state index contributed by atoms with van der Waals surface area (Å²) in [6, 6.07) is 10.2. The number of nitrogens with zero attached hydrogens (tertiary/aromatic N) is 2. The van der Waals surface area contributed by atoms with Gasteiger partial charge in [-0.1, -0.05) is 36.8 Å². The lowest BCUT2D eigenvalue weighted by atomic mass is 9.85. The van der Waals surface area contributed by atoms with E-state index in [1.165, 1.54) is 30.6 Å². The van der Waals surface area contributed by atoms with Gasteiger partial charge in [0, 0.05) is 24.9 Å². The van der Waals surface area contributed by atoms with E-state index in [1.54, 1.807) is 0 Å². The van der Waals surface area contributed by atoms with E-state index in [2.05, 4.69) is 17.1 Å². The van der Waals surface area contributed by atoms with Crippen molar-refractivity contribution < 1.29 is 4.79 Å². The van der Waals surface area contributed by atoms with Crippen molar-refractivity contribution in [1.29, 1.82) is 0 Å². The highest BCUT2D eigenvalue weighted by atomic mass is 32.1. The molecule has 1 fully saturated rings. The highest BCUT2D eigenvalue weighted by molar-refractivity contribution is 7.09. The Balaban J connectivity index is 1.73. The summed E-state index contributed by atoms with van der Waals surface area (Å²) < 4.78 is 0. The minimum atomic E-state index is 0.0419. The molecule has 0 unspecified atom stereocenters. The maximum absolute atomic E-state index is 12.9. The van der Waals surface area contributed by atoms with Crippen molar-refractivity contribution in [3.05, 3.63) is 52.0 Å². The molecule has 122 valence electrons. The molecular weight excluding hydrogens is 306 g/mol. The molecule has 0 aliphatic heterocycles. The molecule has 0 saturated heterocycles. The fourth-order valence-corrected chi connectivity index (χ4v) is 3.61. The number of hydrogen-bond acceptors (Lipinski definition) is 4. The topological polar surface area (TPSA) is 59.2 Å². The van der Waals surface area contributed by atoms with E-state index < -0.39 is 0 Å². The van der Waals surface area contributed by atoms with Crippen LogP contribution >= 0.6 is 11.3 Å². The Morgan fingerprint density at radius 1 is 1.30 bits per heavy atom. The lowest BCUT2D eigenvalue weighted by Gasteiger charge is -2.32. The number of carbonyl (C=O) groups is 1. The third-order valence-electron chi connectivity index (χ3n) is 4.34. The van der Waals surface area contributed by atoms with E-state index in [0.717, 1.165) is 23.5 Å². The lowest BCUT2D eigenvalue weighted by Crippen LogP contribution is -2.37. The normalized spacial score (nSPS) is 14.5. The summed E-state index contributed by atoms with van der Waals surface area (Å²) >= 11 is 1.53. The van der Waals surface area contributed by atoms with Crippen LogP contribution in [0.3, 0.4) is 0 Å². The van der Waals surface area contributed by atoms with Crippen LogP contribution in [0.25, 0.3) is 0 Å². The Labute approximate surface area is 141 Å². The third-order valence-corrected chi connectivity index (χ3v) is 5.24. The van der Waals surface area contributed by atoms with Gasteiger partial charge in [-0.15, -0.1) is 11.3 Å². The number of nitrogens with two attached hydrogens (primary N) is 1. The maximum Gasteiger partial charge on any atom is 0.273 e. The molecule has 5 heteroatoms. The summed E-state index contributed by atoms with van der Waals surface area (Å²) in [6.45, 7) is 2.05. The smallest absolute Gasteiger partial charge is 0.273 e. The monoisotopic (exact) mass is 329 g/mol. The summed E-state index contributed by atoms with van der Waals surface area (Å²) in [5.41, 5.74) is 7.30. The highest BCUT2D eigenvalue weighted by Gasteiger charge is 2.25. The average molecular weight is 329 g/mol. The van der Waals surface area contributed by atoms with Gasteiger partial charge in [-0.05, 0) is 30.9 Å². The molecule has 0 bridgehead atoms. The molecule has 0 radical (unpaired) electrons. The quantitative estimate of drug-likeness (QED) is 0.849. The second-order valence-electron chi connectivity index (χ2n) is 6.13. The molecule has 3 rings (SSSR count). The minimum Gasteiger partial charge on any atom is -0.333 e. The van der Waals surface area contributed by atoms with Crippen molar-refractivity contribution >= 4 is 17.2 Å². The number of rotatable bonds is 7. The van der Waals surface area contributed by atoms with Crippen molar-refractivity contribution in [3.8, 4) is 0 Å². The minimum absolute atomic E-state index is 0.0419. The van der Waals surface area contributed by atoms with Crippen LogP contribution in [0.5, 0.6) is 0 Å². The van der Waals surface area contributed by atoms with E-state index >= 15 is 0 Å². The summed E-state index contributed by atoms with van der Waals surface area (Å²) in [6.07, 6.45) is 4.48. The standard InChI is InChI=1S/C18H23N3OS/c19-10-9-17-20-16(13-23-17)18(22)21(12-15-7-4-8-15)11-14-5-2-1-3-6-14/h1-3,5-6,13,15H,4,7-12,19H2. The van der Waals surface area contributed by atoms with Crippen LogP contribution in [0.1, 0.15) is 40.3 Å². The fraction of sp³-hybridized carbons (Fsp3) is 0.444. The molecule has 23 heavy (non-hydrogen) atoms. The van der Waals surface area contributed by atoms with Crippen LogP contribution in [0.15, 0.2) is 35.7 Å². The van der Waals surface area contributed by atoms with Crippen molar-refractivity contribution in [2.24, 2.45) is 11.7 Å². The van der Waals surface area contributed by atoms with Crippen LogP contribution in [0.4, 0.5) is 0 Å².